The number of aliphatic hydroxyl groups is 1. The van der Waals surface area contributed by atoms with E-state index in [1.54, 1.807) is 19.2 Å². The molecule has 0 spiro atoms. The topological polar surface area (TPSA) is 40.5 Å². The van der Waals surface area contributed by atoms with Crippen molar-refractivity contribution in [2.75, 3.05) is 20.2 Å². The molecule has 0 saturated carbocycles. The number of rotatable bonds is 4. The van der Waals surface area contributed by atoms with Gasteiger partial charge in [-0.15, -0.1) is 0 Å². The number of amides is 1. The van der Waals surface area contributed by atoms with Gasteiger partial charge in [-0.3, -0.25) is 4.79 Å². The summed E-state index contributed by atoms with van der Waals surface area (Å²) in [5, 5.41) is 9.33. The lowest BCUT2D eigenvalue weighted by Crippen LogP contribution is -2.30. The van der Waals surface area contributed by atoms with Gasteiger partial charge in [-0.05, 0) is 23.8 Å². The first-order chi connectivity index (χ1) is 7.54. The zero-order valence-corrected chi connectivity index (χ0v) is 11.3. The number of carbonyl (C=O) groups excluding carboxylic acids is 1. The predicted molar refractivity (Wildman–Crippen MR) is 67.6 cm³/mol. The maximum absolute atomic E-state index is 11.7. The first kappa shape index (κ1) is 13.5. The third-order valence-electron chi connectivity index (χ3n) is 2.21. The van der Waals surface area contributed by atoms with E-state index in [1.807, 2.05) is 6.07 Å². The number of carbonyl (C=O) groups is 1. The van der Waals surface area contributed by atoms with E-state index in [-0.39, 0.29) is 18.9 Å². The van der Waals surface area contributed by atoms with Crippen LogP contribution in [0.25, 0.3) is 0 Å². The lowest BCUT2D eigenvalue weighted by molar-refractivity contribution is -0.129. The Morgan fingerprint density at radius 3 is 2.88 bits per heavy atom. The standard InChI is InChI=1S/C11H13BrClNO2/c1-14(4-5-15)11(16)7-8-6-9(13)2-3-10(8)12/h2-3,6,15H,4-5,7H2,1H3. The normalized spacial score (nSPS) is 10.2. The SMILES string of the molecule is CN(CCO)C(=O)Cc1cc(Cl)ccc1Br. The summed E-state index contributed by atoms with van der Waals surface area (Å²) >= 11 is 9.22. The molecule has 1 aromatic rings. The number of nitrogens with zero attached hydrogens (tertiary/aromatic N) is 1. The molecule has 5 heteroatoms. The largest absolute Gasteiger partial charge is 0.395 e. The van der Waals surface area contributed by atoms with Gasteiger partial charge in [-0.25, -0.2) is 0 Å². The summed E-state index contributed by atoms with van der Waals surface area (Å²) in [5.41, 5.74) is 0.849. The molecular weight excluding hydrogens is 293 g/mol. The molecule has 0 saturated heterocycles. The Bertz CT molecular complexity index is 384. The van der Waals surface area contributed by atoms with Crippen molar-refractivity contribution in [2.45, 2.75) is 6.42 Å². The Hall–Kier alpha value is -0.580. The van der Waals surface area contributed by atoms with Crippen LogP contribution >= 0.6 is 27.5 Å². The lowest BCUT2D eigenvalue weighted by Gasteiger charge is -2.16. The van der Waals surface area contributed by atoms with E-state index < -0.39 is 0 Å². The molecule has 88 valence electrons. The molecule has 0 fully saturated rings. The van der Waals surface area contributed by atoms with E-state index in [1.165, 1.54) is 4.90 Å². The molecule has 0 aliphatic carbocycles. The van der Waals surface area contributed by atoms with Crippen LogP contribution in [0.5, 0.6) is 0 Å². The summed E-state index contributed by atoms with van der Waals surface area (Å²) in [6, 6.07) is 5.34. The lowest BCUT2D eigenvalue weighted by atomic mass is 10.1. The van der Waals surface area contributed by atoms with Crippen molar-refractivity contribution < 1.29 is 9.90 Å². The van der Waals surface area contributed by atoms with Gasteiger partial charge < -0.3 is 10.0 Å². The van der Waals surface area contributed by atoms with E-state index >= 15 is 0 Å². The highest BCUT2D eigenvalue weighted by Crippen LogP contribution is 2.21. The predicted octanol–water partition coefficient (Wildman–Crippen LogP) is 2.10. The highest BCUT2D eigenvalue weighted by Gasteiger charge is 2.11. The third kappa shape index (κ3) is 3.77. The molecule has 0 aliphatic heterocycles. The van der Waals surface area contributed by atoms with Crippen molar-refractivity contribution in [2.24, 2.45) is 0 Å². The second-order valence-electron chi connectivity index (χ2n) is 3.45. The Morgan fingerprint density at radius 1 is 1.56 bits per heavy atom. The zero-order valence-electron chi connectivity index (χ0n) is 8.91. The molecule has 1 amide bonds. The molecule has 1 rings (SSSR count). The minimum Gasteiger partial charge on any atom is -0.395 e. The summed E-state index contributed by atoms with van der Waals surface area (Å²) in [6.07, 6.45) is 0.275. The maximum Gasteiger partial charge on any atom is 0.226 e. The fourth-order valence-corrected chi connectivity index (χ4v) is 1.83. The summed E-state index contributed by atoms with van der Waals surface area (Å²) in [4.78, 5) is 13.2. The molecule has 1 N–H and O–H groups in total. The molecular formula is C11H13BrClNO2. The second-order valence-corrected chi connectivity index (χ2v) is 4.74. The van der Waals surface area contributed by atoms with Crippen LogP contribution in [-0.2, 0) is 11.2 Å². The minimum absolute atomic E-state index is 0.0288. The number of halogens is 2. The molecule has 0 heterocycles. The van der Waals surface area contributed by atoms with Gasteiger partial charge in [0.1, 0.15) is 0 Å². The van der Waals surface area contributed by atoms with Crippen molar-refractivity contribution in [3.63, 3.8) is 0 Å². The van der Waals surface area contributed by atoms with Crippen LogP contribution in [-0.4, -0.2) is 36.1 Å². The van der Waals surface area contributed by atoms with Gasteiger partial charge in [0.2, 0.25) is 5.91 Å². The fraction of sp³-hybridized carbons (Fsp3) is 0.364. The highest BCUT2D eigenvalue weighted by molar-refractivity contribution is 9.10. The summed E-state index contributed by atoms with van der Waals surface area (Å²) in [6.45, 7) is 0.315. The Labute approximate surface area is 108 Å². The molecule has 16 heavy (non-hydrogen) atoms. The fourth-order valence-electron chi connectivity index (χ4n) is 1.25. The van der Waals surface area contributed by atoms with Crippen LogP contribution in [0.3, 0.4) is 0 Å². The quantitative estimate of drug-likeness (QED) is 0.925. The Morgan fingerprint density at radius 2 is 2.25 bits per heavy atom. The van der Waals surface area contributed by atoms with Crippen LogP contribution in [0.4, 0.5) is 0 Å². The van der Waals surface area contributed by atoms with Gasteiger partial charge in [0.25, 0.3) is 0 Å². The van der Waals surface area contributed by atoms with Crippen molar-refractivity contribution in [1.29, 1.82) is 0 Å². The summed E-state index contributed by atoms with van der Waals surface area (Å²) < 4.78 is 0.864. The third-order valence-corrected chi connectivity index (χ3v) is 3.22. The van der Waals surface area contributed by atoms with Crippen LogP contribution < -0.4 is 0 Å². The minimum atomic E-state index is -0.0444. The van der Waals surface area contributed by atoms with E-state index in [2.05, 4.69) is 15.9 Å². The van der Waals surface area contributed by atoms with Crippen LogP contribution in [0.1, 0.15) is 5.56 Å². The Kier molecular flexibility index (Phi) is 5.25. The molecule has 0 radical (unpaired) electrons. The first-order valence-corrected chi connectivity index (χ1v) is 6.00. The molecule has 0 atom stereocenters. The molecule has 0 aromatic heterocycles. The van der Waals surface area contributed by atoms with Crippen LogP contribution in [0.15, 0.2) is 22.7 Å². The number of aliphatic hydroxyl groups excluding tert-OH is 1. The molecule has 3 nitrogen and oxygen atoms in total. The number of hydrogen-bond acceptors (Lipinski definition) is 2. The van der Waals surface area contributed by atoms with Gasteiger partial charge in [-0.2, -0.15) is 0 Å². The van der Waals surface area contributed by atoms with Gasteiger partial charge in [-0.1, -0.05) is 27.5 Å². The van der Waals surface area contributed by atoms with Gasteiger partial charge >= 0.3 is 0 Å². The molecule has 0 bridgehead atoms. The number of likely N-dealkylation sites (N-methyl/N-ethyl adjacent to an activating group) is 1. The monoisotopic (exact) mass is 305 g/mol. The van der Waals surface area contributed by atoms with Gasteiger partial charge in [0.05, 0.1) is 13.0 Å². The number of benzene rings is 1. The average molecular weight is 307 g/mol. The van der Waals surface area contributed by atoms with E-state index in [0.29, 0.717) is 11.6 Å². The van der Waals surface area contributed by atoms with Crippen molar-refractivity contribution in [3.05, 3.63) is 33.3 Å². The first-order valence-electron chi connectivity index (χ1n) is 4.83. The second kappa shape index (κ2) is 6.23. The van der Waals surface area contributed by atoms with E-state index in [4.69, 9.17) is 16.7 Å². The van der Waals surface area contributed by atoms with E-state index in [9.17, 15) is 4.79 Å². The van der Waals surface area contributed by atoms with Crippen LogP contribution in [0.2, 0.25) is 5.02 Å². The molecule has 0 unspecified atom stereocenters. The average Bonchev–Trinajstić information content (AvgIpc) is 2.23. The summed E-state index contributed by atoms with van der Waals surface area (Å²) in [5.74, 6) is -0.0444. The van der Waals surface area contributed by atoms with Crippen molar-refractivity contribution in [1.82, 2.24) is 4.90 Å². The number of hydrogen-bond donors (Lipinski definition) is 1. The van der Waals surface area contributed by atoms with Crippen LogP contribution in [0, 0.1) is 0 Å². The van der Waals surface area contributed by atoms with Gasteiger partial charge in [0, 0.05) is 23.1 Å². The van der Waals surface area contributed by atoms with E-state index in [0.717, 1.165) is 10.0 Å². The smallest absolute Gasteiger partial charge is 0.226 e. The zero-order chi connectivity index (χ0) is 12.1. The van der Waals surface area contributed by atoms with Crippen molar-refractivity contribution in [3.8, 4) is 0 Å². The Balaban J connectivity index is 2.72. The molecule has 1 aromatic carbocycles. The summed E-state index contributed by atoms with van der Waals surface area (Å²) in [7, 11) is 1.66. The highest BCUT2D eigenvalue weighted by atomic mass is 79.9. The maximum atomic E-state index is 11.7. The van der Waals surface area contributed by atoms with Crippen molar-refractivity contribution >= 4 is 33.4 Å². The molecule has 0 aliphatic rings. The van der Waals surface area contributed by atoms with Gasteiger partial charge in [0.15, 0.2) is 0 Å².